The third-order valence-electron chi connectivity index (χ3n) is 3.61. The van der Waals surface area contributed by atoms with Gasteiger partial charge in [-0.25, -0.2) is 0 Å². The SMILES string of the molecule is Cc1ccc(C(C)NCC2(CC(N)=NO)CC2)o1. The highest BCUT2D eigenvalue weighted by atomic mass is 16.4. The van der Waals surface area contributed by atoms with Crippen LogP contribution in [0, 0.1) is 12.3 Å². The molecule has 4 N–H and O–H groups in total. The molecule has 0 saturated heterocycles. The van der Waals surface area contributed by atoms with Gasteiger partial charge in [0.05, 0.1) is 6.04 Å². The van der Waals surface area contributed by atoms with Crippen LogP contribution in [0.1, 0.15) is 43.7 Å². The van der Waals surface area contributed by atoms with Crippen molar-refractivity contribution in [2.75, 3.05) is 6.54 Å². The van der Waals surface area contributed by atoms with E-state index >= 15 is 0 Å². The molecule has 5 nitrogen and oxygen atoms in total. The summed E-state index contributed by atoms with van der Waals surface area (Å²) in [6.45, 7) is 4.89. The van der Waals surface area contributed by atoms with Gasteiger partial charge in [-0.3, -0.25) is 0 Å². The summed E-state index contributed by atoms with van der Waals surface area (Å²) in [4.78, 5) is 0. The van der Waals surface area contributed by atoms with E-state index < -0.39 is 0 Å². The van der Waals surface area contributed by atoms with Crippen LogP contribution in [0.25, 0.3) is 0 Å². The molecule has 0 aliphatic heterocycles. The molecule has 0 amide bonds. The van der Waals surface area contributed by atoms with Gasteiger partial charge in [0.15, 0.2) is 0 Å². The van der Waals surface area contributed by atoms with Crippen LogP contribution in [-0.4, -0.2) is 17.6 Å². The zero-order valence-electron chi connectivity index (χ0n) is 10.9. The third kappa shape index (κ3) is 3.04. The van der Waals surface area contributed by atoms with Crippen molar-refractivity contribution in [1.82, 2.24) is 5.32 Å². The number of rotatable bonds is 6. The summed E-state index contributed by atoms with van der Waals surface area (Å²) in [6, 6.07) is 4.15. The molecule has 5 heteroatoms. The minimum Gasteiger partial charge on any atom is -0.465 e. The van der Waals surface area contributed by atoms with Crippen LogP contribution < -0.4 is 11.1 Å². The smallest absolute Gasteiger partial charge is 0.139 e. The van der Waals surface area contributed by atoms with Crippen molar-refractivity contribution in [2.45, 2.75) is 39.2 Å². The first-order chi connectivity index (χ1) is 8.54. The molecule has 0 spiro atoms. The number of hydrogen-bond donors (Lipinski definition) is 3. The lowest BCUT2D eigenvalue weighted by Gasteiger charge is -2.18. The van der Waals surface area contributed by atoms with Crippen molar-refractivity contribution in [1.29, 1.82) is 0 Å². The predicted molar refractivity (Wildman–Crippen MR) is 69.6 cm³/mol. The zero-order valence-corrected chi connectivity index (χ0v) is 10.9. The Morgan fingerprint density at radius 1 is 1.61 bits per heavy atom. The second-order valence-electron chi connectivity index (χ2n) is 5.32. The molecular weight excluding hydrogens is 230 g/mol. The van der Waals surface area contributed by atoms with E-state index in [0.29, 0.717) is 12.3 Å². The minimum atomic E-state index is 0.173. The molecule has 1 atom stereocenters. The monoisotopic (exact) mass is 251 g/mol. The summed E-state index contributed by atoms with van der Waals surface area (Å²) < 4.78 is 5.58. The molecule has 18 heavy (non-hydrogen) atoms. The van der Waals surface area contributed by atoms with E-state index in [9.17, 15) is 0 Å². The molecule has 1 aliphatic carbocycles. The molecule has 1 unspecified atom stereocenters. The number of furan rings is 1. The average molecular weight is 251 g/mol. The largest absolute Gasteiger partial charge is 0.465 e. The van der Waals surface area contributed by atoms with Crippen LogP contribution in [0.2, 0.25) is 0 Å². The predicted octanol–water partition coefficient (Wildman–Crippen LogP) is 2.16. The second kappa shape index (κ2) is 5.02. The molecule has 0 aromatic carbocycles. The molecule has 0 bridgehead atoms. The quantitative estimate of drug-likeness (QED) is 0.313. The van der Waals surface area contributed by atoms with Gasteiger partial charge in [0.1, 0.15) is 17.4 Å². The molecule has 0 radical (unpaired) electrons. The Hall–Kier alpha value is -1.49. The molecular formula is C13H21N3O2. The number of hydrogen-bond acceptors (Lipinski definition) is 4. The zero-order chi connectivity index (χ0) is 13.2. The summed E-state index contributed by atoms with van der Waals surface area (Å²) in [5.41, 5.74) is 5.75. The maximum atomic E-state index is 8.61. The van der Waals surface area contributed by atoms with Crippen molar-refractivity contribution in [2.24, 2.45) is 16.3 Å². The number of oxime groups is 1. The first kappa shape index (κ1) is 13.0. The van der Waals surface area contributed by atoms with Crippen molar-refractivity contribution >= 4 is 5.84 Å². The molecule has 1 aromatic heterocycles. The Balaban J connectivity index is 1.84. The number of amidine groups is 1. The van der Waals surface area contributed by atoms with Gasteiger partial charge in [0.2, 0.25) is 0 Å². The fourth-order valence-corrected chi connectivity index (χ4v) is 2.17. The lowest BCUT2D eigenvalue weighted by Crippen LogP contribution is -2.30. The Bertz CT molecular complexity index is 435. The Morgan fingerprint density at radius 3 is 2.83 bits per heavy atom. The highest BCUT2D eigenvalue weighted by Gasteiger charge is 2.43. The van der Waals surface area contributed by atoms with E-state index in [1.54, 1.807) is 0 Å². The lowest BCUT2D eigenvalue weighted by molar-refractivity contribution is 0.313. The standard InChI is InChI=1S/C13H21N3O2/c1-9-3-4-11(18-9)10(2)15-8-13(5-6-13)7-12(14)16-17/h3-4,10,15,17H,5-8H2,1-2H3,(H2,14,16). The van der Waals surface area contributed by atoms with E-state index in [1.807, 2.05) is 19.1 Å². The van der Waals surface area contributed by atoms with E-state index in [1.165, 1.54) is 0 Å². The van der Waals surface area contributed by atoms with E-state index in [4.69, 9.17) is 15.4 Å². The Kier molecular flexibility index (Phi) is 3.61. The van der Waals surface area contributed by atoms with E-state index in [2.05, 4.69) is 17.4 Å². The highest BCUT2D eigenvalue weighted by Crippen LogP contribution is 2.48. The minimum absolute atomic E-state index is 0.173. The van der Waals surface area contributed by atoms with Crippen molar-refractivity contribution < 1.29 is 9.62 Å². The first-order valence-electron chi connectivity index (χ1n) is 6.31. The van der Waals surface area contributed by atoms with Crippen LogP contribution in [0.5, 0.6) is 0 Å². The van der Waals surface area contributed by atoms with E-state index in [-0.39, 0.29) is 11.5 Å². The highest BCUT2D eigenvalue weighted by molar-refractivity contribution is 5.80. The Labute approximate surface area is 107 Å². The van der Waals surface area contributed by atoms with Crippen LogP contribution in [-0.2, 0) is 0 Å². The summed E-state index contributed by atoms with van der Waals surface area (Å²) in [7, 11) is 0. The van der Waals surface area contributed by atoms with Crippen molar-refractivity contribution in [3.63, 3.8) is 0 Å². The van der Waals surface area contributed by atoms with Gasteiger partial charge < -0.3 is 20.7 Å². The van der Waals surface area contributed by atoms with Gasteiger partial charge in [-0.1, -0.05) is 5.16 Å². The van der Waals surface area contributed by atoms with Crippen LogP contribution in [0.15, 0.2) is 21.7 Å². The van der Waals surface area contributed by atoms with Gasteiger partial charge in [-0.15, -0.1) is 0 Å². The summed E-state index contributed by atoms with van der Waals surface area (Å²) in [5, 5.41) is 15.1. The number of aryl methyl sites for hydroxylation is 1. The molecule has 1 aromatic rings. The Morgan fingerprint density at radius 2 is 2.33 bits per heavy atom. The maximum absolute atomic E-state index is 8.61. The average Bonchev–Trinajstić information content (AvgIpc) is 2.98. The summed E-state index contributed by atoms with van der Waals surface area (Å²) in [6.07, 6.45) is 2.90. The molecule has 1 fully saturated rings. The van der Waals surface area contributed by atoms with Crippen molar-refractivity contribution in [3.05, 3.63) is 23.7 Å². The van der Waals surface area contributed by atoms with Gasteiger partial charge in [-0.2, -0.15) is 0 Å². The summed E-state index contributed by atoms with van der Waals surface area (Å²) in [5.74, 6) is 2.19. The van der Waals surface area contributed by atoms with E-state index in [0.717, 1.165) is 30.9 Å². The van der Waals surface area contributed by atoms with Crippen LogP contribution in [0.4, 0.5) is 0 Å². The topological polar surface area (TPSA) is 83.8 Å². The van der Waals surface area contributed by atoms with Gasteiger partial charge in [-0.05, 0) is 44.2 Å². The third-order valence-corrected chi connectivity index (χ3v) is 3.61. The normalized spacial score (nSPS) is 19.8. The molecule has 1 heterocycles. The van der Waals surface area contributed by atoms with Crippen LogP contribution in [0.3, 0.4) is 0 Å². The van der Waals surface area contributed by atoms with Gasteiger partial charge >= 0.3 is 0 Å². The molecule has 1 saturated carbocycles. The summed E-state index contributed by atoms with van der Waals surface area (Å²) >= 11 is 0. The molecule has 1 aliphatic rings. The second-order valence-corrected chi connectivity index (χ2v) is 5.32. The fourth-order valence-electron chi connectivity index (χ4n) is 2.17. The van der Waals surface area contributed by atoms with Gasteiger partial charge in [0, 0.05) is 13.0 Å². The number of nitrogens with one attached hydrogen (secondary N) is 1. The number of nitrogens with zero attached hydrogens (tertiary/aromatic N) is 1. The molecule has 100 valence electrons. The number of nitrogens with two attached hydrogens (primary N) is 1. The maximum Gasteiger partial charge on any atom is 0.139 e. The van der Waals surface area contributed by atoms with Crippen LogP contribution >= 0.6 is 0 Å². The molecule has 2 rings (SSSR count). The fraction of sp³-hybridized carbons (Fsp3) is 0.615. The first-order valence-corrected chi connectivity index (χ1v) is 6.31. The lowest BCUT2D eigenvalue weighted by atomic mass is 10.0. The van der Waals surface area contributed by atoms with Crippen molar-refractivity contribution in [3.8, 4) is 0 Å². The van der Waals surface area contributed by atoms with Gasteiger partial charge in [0.25, 0.3) is 0 Å².